The van der Waals surface area contributed by atoms with Crippen molar-refractivity contribution in [1.82, 2.24) is 5.32 Å². The molecule has 22 heavy (non-hydrogen) atoms. The van der Waals surface area contributed by atoms with E-state index in [2.05, 4.69) is 78.1 Å². The topological polar surface area (TPSA) is 21.3 Å². The Kier molecular flexibility index (Phi) is 6.67. The van der Waals surface area contributed by atoms with Gasteiger partial charge in [0.15, 0.2) is 0 Å². The van der Waals surface area contributed by atoms with Gasteiger partial charge in [-0.3, -0.25) is 0 Å². The molecule has 2 nitrogen and oxygen atoms in total. The predicted molar refractivity (Wildman–Crippen MR) is 97.3 cm³/mol. The maximum atomic E-state index is 6.01. The zero-order valence-electron chi connectivity index (χ0n) is 15.4. The van der Waals surface area contributed by atoms with Gasteiger partial charge in [-0.1, -0.05) is 65.8 Å². The van der Waals surface area contributed by atoms with Gasteiger partial charge in [0, 0.05) is 13.1 Å². The second kappa shape index (κ2) is 7.82. The van der Waals surface area contributed by atoms with Crippen LogP contribution in [0.4, 0.5) is 0 Å². The van der Waals surface area contributed by atoms with Crippen LogP contribution in [-0.4, -0.2) is 19.2 Å². The Balaban J connectivity index is 2.54. The third-order valence-corrected chi connectivity index (χ3v) is 3.06. The number of nitrogens with one attached hydrogen (secondary N) is 1. The minimum atomic E-state index is 0.157. The monoisotopic (exact) mass is 303 g/mol. The van der Waals surface area contributed by atoms with Crippen molar-refractivity contribution in [3.63, 3.8) is 0 Å². The molecule has 1 rings (SSSR count). The molecule has 1 atom stereocenters. The zero-order valence-corrected chi connectivity index (χ0v) is 15.4. The first-order valence-corrected chi connectivity index (χ1v) is 8.22. The van der Waals surface area contributed by atoms with Crippen LogP contribution in [0.2, 0.25) is 0 Å². The maximum Gasteiger partial charge on any atom is 0.120 e. The van der Waals surface area contributed by atoms with Crippen LogP contribution in [0, 0.1) is 10.8 Å². The minimum Gasteiger partial charge on any atom is -0.489 e. The number of hydrogen-bond acceptors (Lipinski definition) is 2. The van der Waals surface area contributed by atoms with Crippen molar-refractivity contribution in [1.29, 1.82) is 0 Å². The predicted octanol–water partition coefficient (Wildman–Crippen LogP) is 5.15. The molecule has 0 heterocycles. The minimum absolute atomic E-state index is 0.157. The Morgan fingerprint density at radius 3 is 2.41 bits per heavy atom. The third kappa shape index (κ3) is 8.89. The first kappa shape index (κ1) is 18.8. The van der Waals surface area contributed by atoms with Crippen molar-refractivity contribution in [3.05, 3.63) is 35.9 Å². The van der Waals surface area contributed by atoms with Crippen molar-refractivity contribution in [3.8, 4) is 5.75 Å². The van der Waals surface area contributed by atoms with Crippen molar-refractivity contribution >= 4 is 6.08 Å². The van der Waals surface area contributed by atoms with E-state index < -0.39 is 0 Å². The highest BCUT2D eigenvalue weighted by atomic mass is 16.5. The fourth-order valence-electron chi connectivity index (χ4n) is 1.96. The summed E-state index contributed by atoms with van der Waals surface area (Å²) >= 11 is 0. The highest BCUT2D eigenvalue weighted by molar-refractivity contribution is 5.52. The summed E-state index contributed by atoms with van der Waals surface area (Å²) in [6, 6.07) is 8.28. The maximum absolute atomic E-state index is 6.01. The Hall–Kier alpha value is -1.28. The lowest BCUT2D eigenvalue weighted by atomic mass is 9.95. The number of benzene rings is 1. The number of ether oxygens (including phenoxy) is 1. The smallest absolute Gasteiger partial charge is 0.120 e. The van der Waals surface area contributed by atoms with Crippen LogP contribution in [0.5, 0.6) is 5.75 Å². The Bertz CT molecular complexity index is 477. The SMILES string of the molecule is C[C@@H](CNCC(C)(C)C)Oc1cccc(/C=C/C(C)(C)C)c1. The van der Waals surface area contributed by atoms with E-state index in [1.807, 2.05) is 12.1 Å². The molecule has 0 fully saturated rings. The first-order valence-electron chi connectivity index (χ1n) is 8.22. The molecule has 0 saturated carbocycles. The molecule has 0 unspecified atom stereocenters. The van der Waals surface area contributed by atoms with E-state index in [9.17, 15) is 0 Å². The van der Waals surface area contributed by atoms with Gasteiger partial charge in [-0.2, -0.15) is 0 Å². The summed E-state index contributed by atoms with van der Waals surface area (Å²) in [5, 5.41) is 3.47. The molecule has 0 amide bonds. The second-order valence-electron chi connectivity index (χ2n) is 8.39. The van der Waals surface area contributed by atoms with E-state index in [1.54, 1.807) is 0 Å². The zero-order chi connectivity index (χ0) is 16.8. The van der Waals surface area contributed by atoms with Crippen molar-refractivity contribution in [2.45, 2.75) is 54.6 Å². The van der Waals surface area contributed by atoms with Gasteiger partial charge < -0.3 is 10.1 Å². The van der Waals surface area contributed by atoms with Crippen LogP contribution >= 0.6 is 0 Å². The van der Waals surface area contributed by atoms with Crippen LogP contribution in [0.3, 0.4) is 0 Å². The highest BCUT2D eigenvalue weighted by Crippen LogP contribution is 2.20. The number of hydrogen-bond donors (Lipinski definition) is 1. The Labute approximate surface area is 137 Å². The fourth-order valence-corrected chi connectivity index (χ4v) is 1.96. The average Bonchev–Trinajstić information content (AvgIpc) is 2.34. The van der Waals surface area contributed by atoms with E-state index in [1.165, 1.54) is 5.56 Å². The second-order valence-corrected chi connectivity index (χ2v) is 8.39. The van der Waals surface area contributed by atoms with Gasteiger partial charge >= 0.3 is 0 Å². The first-order chi connectivity index (χ1) is 10.1. The highest BCUT2D eigenvalue weighted by Gasteiger charge is 2.11. The lowest BCUT2D eigenvalue weighted by Crippen LogP contribution is -2.34. The molecular weight excluding hydrogens is 270 g/mol. The van der Waals surface area contributed by atoms with Gasteiger partial charge in [-0.05, 0) is 35.4 Å². The van der Waals surface area contributed by atoms with Gasteiger partial charge in [0.1, 0.15) is 11.9 Å². The van der Waals surface area contributed by atoms with Gasteiger partial charge in [-0.15, -0.1) is 0 Å². The normalized spacial score (nSPS) is 14.3. The molecule has 1 aromatic carbocycles. The van der Waals surface area contributed by atoms with E-state index in [0.717, 1.165) is 18.8 Å². The van der Waals surface area contributed by atoms with Crippen LogP contribution in [-0.2, 0) is 0 Å². The third-order valence-electron chi connectivity index (χ3n) is 3.06. The summed E-state index contributed by atoms with van der Waals surface area (Å²) in [6.45, 7) is 17.3. The molecule has 0 aliphatic rings. The molecule has 0 aromatic heterocycles. The molecule has 0 aliphatic heterocycles. The van der Waals surface area contributed by atoms with Crippen molar-refractivity contribution < 1.29 is 4.74 Å². The van der Waals surface area contributed by atoms with Gasteiger partial charge in [0.25, 0.3) is 0 Å². The van der Waals surface area contributed by atoms with Crippen LogP contribution in [0.25, 0.3) is 6.08 Å². The van der Waals surface area contributed by atoms with Gasteiger partial charge in [0.2, 0.25) is 0 Å². The molecule has 1 N–H and O–H groups in total. The van der Waals surface area contributed by atoms with E-state index in [0.29, 0.717) is 5.41 Å². The van der Waals surface area contributed by atoms with E-state index >= 15 is 0 Å². The molecule has 0 aliphatic carbocycles. The summed E-state index contributed by atoms with van der Waals surface area (Å²) in [5.74, 6) is 0.932. The average molecular weight is 303 g/mol. The summed E-state index contributed by atoms with van der Waals surface area (Å²) in [6.07, 6.45) is 4.54. The Morgan fingerprint density at radius 1 is 1.14 bits per heavy atom. The summed E-state index contributed by atoms with van der Waals surface area (Å²) in [5.41, 5.74) is 1.68. The van der Waals surface area contributed by atoms with Crippen molar-refractivity contribution in [2.75, 3.05) is 13.1 Å². The summed E-state index contributed by atoms with van der Waals surface area (Å²) in [4.78, 5) is 0. The van der Waals surface area contributed by atoms with Gasteiger partial charge in [-0.25, -0.2) is 0 Å². The fraction of sp³-hybridized carbons (Fsp3) is 0.600. The van der Waals surface area contributed by atoms with Crippen LogP contribution < -0.4 is 10.1 Å². The van der Waals surface area contributed by atoms with Crippen molar-refractivity contribution in [2.24, 2.45) is 10.8 Å². The van der Waals surface area contributed by atoms with E-state index in [4.69, 9.17) is 4.74 Å². The standard InChI is InChI=1S/C20H33NO/c1-16(14-21-15-20(5,6)7)22-18-10-8-9-17(13-18)11-12-19(2,3)4/h8-13,16,21H,14-15H2,1-7H3/b12-11+/t16-/m0/s1. The lowest BCUT2D eigenvalue weighted by Gasteiger charge is -2.21. The molecule has 0 saturated heterocycles. The van der Waals surface area contributed by atoms with Crippen LogP contribution in [0.15, 0.2) is 30.3 Å². The molecule has 1 aromatic rings. The quantitative estimate of drug-likeness (QED) is 0.785. The van der Waals surface area contributed by atoms with Gasteiger partial charge in [0.05, 0.1) is 0 Å². The summed E-state index contributed by atoms with van der Waals surface area (Å²) in [7, 11) is 0. The molecule has 0 spiro atoms. The molecule has 2 heteroatoms. The van der Waals surface area contributed by atoms with Crippen LogP contribution in [0.1, 0.15) is 54.0 Å². The molecule has 124 valence electrons. The Morgan fingerprint density at radius 2 is 1.82 bits per heavy atom. The lowest BCUT2D eigenvalue weighted by molar-refractivity contribution is 0.210. The summed E-state index contributed by atoms with van der Waals surface area (Å²) < 4.78 is 6.01. The largest absolute Gasteiger partial charge is 0.489 e. The number of rotatable bonds is 6. The molecule has 0 radical (unpaired) electrons. The number of allylic oxidation sites excluding steroid dienone is 1. The van der Waals surface area contributed by atoms with E-state index in [-0.39, 0.29) is 11.5 Å². The molecule has 0 bridgehead atoms. The molecular formula is C20H33NO.